The van der Waals surface area contributed by atoms with Gasteiger partial charge in [0.2, 0.25) is 0 Å². The van der Waals surface area contributed by atoms with E-state index >= 15 is 0 Å². The average Bonchev–Trinajstić information content (AvgIpc) is 3.10. The van der Waals surface area contributed by atoms with Crippen molar-refractivity contribution < 1.29 is 9.53 Å². The third-order valence-corrected chi connectivity index (χ3v) is 2.43. The summed E-state index contributed by atoms with van der Waals surface area (Å²) in [7, 11) is 1.59. The van der Waals surface area contributed by atoms with Gasteiger partial charge in [0.15, 0.2) is 6.61 Å². The Morgan fingerprint density at radius 1 is 1.50 bits per heavy atom. The van der Waals surface area contributed by atoms with Gasteiger partial charge in [-0.1, -0.05) is 6.07 Å². The fraction of sp³-hybridized carbons (Fsp3) is 0.417. The van der Waals surface area contributed by atoms with Gasteiger partial charge in [-0.15, -0.1) is 0 Å². The summed E-state index contributed by atoms with van der Waals surface area (Å²) in [6, 6.07) is 8.31. The molecule has 86 valence electrons. The van der Waals surface area contributed by atoms with Crippen LogP contribution >= 0.6 is 0 Å². The highest BCUT2D eigenvalue weighted by Crippen LogP contribution is 2.26. The number of anilines is 1. The Kier molecular flexibility index (Phi) is 3.29. The first-order valence-corrected chi connectivity index (χ1v) is 5.48. The highest BCUT2D eigenvalue weighted by molar-refractivity contribution is 5.77. The number of amides is 1. The first-order chi connectivity index (χ1) is 7.78. The minimum absolute atomic E-state index is 0.0589. The maximum absolute atomic E-state index is 11.0. The monoisotopic (exact) mass is 220 g/mol. The molecule has 1 aromatic rings. The van der Waals surface area contributed by atoms with Crippen LogP contribution in [0, 0.1) is 0 Å². The smallest absolute Gasteiger partial charge is 0.257 e. The highest BCUT2D eigenvalue weighted by Gasteiger charge is 2.20. The molecule has 1 fully saturated rings. The number of hydrogen-bond acceptors (Lipinski definition) is 3. The van der Waals surface area contributed by atoms with Gasteiger partial charge < -0.3 is 15.4 Å². The Bertz CT molecular complexity index is 375. The number of rotatable bonds is 5. The van der Waals surface area contributed by atoms with Crippen molar-refractivity contribution in [2.24, 2.45) is 0 Å². The Morgan fingerprint density at radius 3 is 3.00 bits per heavy atom. The van der Waals surface area contributed by atoms with Crippen molar-refractivity contribution in [2.75, 3.05) is 19.0 Å². The molecule has 1 aromatic carbocycles. The lowest BCUT2D eigenvalue weighted by atomic mass is 10.3. The lowest BCUT2D eigenvalue weighted by Crippen LogP contribution is -2.24. The van der Waals surface area contributed by atoms with Crippen molar-refractivity contribution in [3.8, 4) is 5.75 Å². The lowest BCUT2D eigenvalue weighted by Gasteiger charge is -2.08. The molecular formula is C12H16N2O2. The van der Waals surface area contributed by atoms with Crippen LogP contribution in [0.4, 0.5) is 5.69 Å². The van der Waals surface area contributed by atoms with E-state index in [9.17, 15) is 4.79 Å². The van der Waals surface area contributed by atoms with E-state index in [-0.39, 0.29) is 12.5 Å². The molecule has 0 aliphatic heterocycles. The first kappa shape index (κ1) is 10.8. The molecule has 0 atom stereocenters. The number of hydrogen-bond donors (Lipinski definition) is 2. The number of carbonyl (C=O) groups excluding carboxylic acids is 1. The second-order valence-corrected chi connectivity index (χ2v) is 3.91. The largest absolute Gasteiger partial charge is 0.484 e. The van der Waals surface area contributed by atoms with Crippen LogP contribution in [-0.2, 0) is 4.79 Å². The molecule has 0 bridgehead atoms. The van der Waals surface area contributed by atoms with Gasteiger partial charge in [-0.25, -0.2) is 0 Å². The Labute approximate surface area is 95.0 Å². The number of carbonyl (C=O) groups is 1. The van der Waals surface area contributed by atoms with Gasteiger partial charge in [-0.2, -0.15) is 0 Å². The zero-order valence-electron chi connectivity index (χ0n) is 9.32. The normalized spacial score (nSPS) is 14.3. The second-order valence-electron chi connectivity index (χ2n) is 3.91. The maximum Gasteiger partial charge on any atom is 0.257 e. The average molecular weight is 220 g/mol. The number of nitrogens with one attached hydrogen (secondary N) is 2. The molecule has 16 heavy (non-hydrogen) atoms. The van der Waals surface area contributed by atoms with E-state index in [1.54, 1.807) is 7.05 Å². The van der Waals surface area contributed by atoms with E-state index in [2.05, 4.69) is 10.6 Å². The van der Waals surface area contributed by atoms with Crippen molar-refractivity contribution in [1.29, 1.82) is 0 Å². The molecule has 1 amide bonds. The van der Waals surface area contributed by atoms with Gasteiger partial charge in [0, 0.05) is 24.8 Å². The van der Waals surface area contributed by atoms with E-state index in [4.69, 9.17) is 4.74 Å². The molecule has 0 heterocycles. The topological polar surface area (TPSA) is 50.4 Å². The lowest BCUT2D eigenvalue weighted by molar-refractivity contribution is -0.122. The molecule has 0 saturated heterocycles. The third kappa shape index (κ3) is 3.15. The Morgan fingerprint density at radius 2 is 2.31 bits per heavy atom. The van der Waals surface area contributed by atoms with Crippen LogP contribution < -0.4 is 15.4 Å². The van der Waals surface area contributed by atoms with Crippen LogP contribution in [-0.4, -0.2) is 25.6 Å². The van der Waals surface area contributed by atoms with Crippen molar-refractivity contribution in [2.45, 2.75) is 18.9 Å². The Hall–Kier alpha value is -1.71. The predicted molar refractivity (Wildman–Crippen MR) is 62.6 cm³/mol. The van der Waals surface area contributed by atoms with Crippen LogP contribution in [0.3, 0.4) is 0 Å². The summed E-state index contributed by atoms with van der Waals surface area (Å²) >= 11 is 0. The van der Waals surface area contributed by atoms with Crippen molar-refractivity contribution in [3.05, 3.63) is 24.3 Å². The summed E-state index contributed by atoms with van der Waals surface area (Å²) < 4.78 is 5.35. The van der Waals surface area contributed by atoms with E-state index in [1.807, 2.05) is 24.3 Å². The number of likely N-dealkylation sites (N-methyl/N-ethyl adjacent to an activating group) is 1. The van der Waals surface area contributed by atoms with Gasteiger partial charge in [0.1, 0.15) is 5.75 Å². The quantitative estimate of drug-likeness (QED) is 0.788. The summed E-state index contributed by atoms with van der Waals surface area (Å²) in [6.45, 7) is 0.0589. The molecule has 0 unspecified atom stereocenters. The molecule has 0 spiro atoms. The molecule has 2 N–H and O–H groups in total. The molecule has 4 heteroatoms. The zero-order chi connectivity index (χ0) is 11.4. The van der Waals surface area contributed by atoms with Gasteiger partial charge in [-0.05, 0) is 25.0 Å². The van der Waals surface area contributed by atoms with Crippen molar-refractivity contribution >= 4 is 11.6 Å². The summed E-state index contributed by atoms with van der Waals surface area (Å²) in [5, 5.41) is 5.89. The van der Waals surface area contributed by atoms with Crippen LogP contribution in [0.25, 0.3) is 0 Å². The second kappa shape index (κ2) is 4.88. The number of ether oxygens (including phenoxy) is 1. The zero-order valence-corrected chi connectivity index (χ0v) is 9.32. The van der Waals surface area contributed by atoms with Gasteiger partial charge in [0.05, 0.1) is 0 Å². The fourth-order valence-corrected chi connectivity index (χ4v) is 1.36. The molecule has 0 aromatic heterocycles. The van der Waals surface area contributed by atoms with E-state index < -0.39 is 0 Å². The van der Waals surface area contributed by atoms with E-state index in [0.29, 0.717) is 11.8 Å². The van der Waals surface area contributed by atoms with Crippen LogP contribution in [0.15, 0.2) is 24.3 Å². The fourth-order valence-electron chi connectivity index (χ4n) is 1.36. The maximum atomic E-state index is 11.0. The van der Waals surface area contributed by atoms with E-state index in [1.165, 1.54) is 12.8 Å². The summed E-state index contributed by atoms with van der Waals surface area (Å²) in [5.74, 6) is 0.592. The Balaban J connectivity index is 1.90. The minimum Gasteiger partial charge on any atom is -0.484 e. The molecule has 1 saturated carbocycles. The van der Waals surface area contributed by atoms with Crippen molar-refractivity contribution in [3.63, 3.8) is 0 Å². The standard InChI is InChI=1S/C12H16N2O2/c1-13-12(15)8-16-11-4-2-3-10(7-11)14-9-5-6-9/h2-4,7,9,14H,5-6,8H2,1H3,(H,13,15). The third-order valence-electron chi connectivity index (χ3n) is 2.43. The molecular weight excluding hydrogens is 204 g/mol. The van der Waals surface area contributed by atoms with Gasteiger partial charge in [0.25, 0.3) is 5.91 Å². The molecule has 1 aliphatic carbocycles. The first-order valence-electron chi connectivity index (χ1n) is 5.48. The highest BCUT2D eigenvalue weighted by atomic mass is 16.5. The minimum atomic E-state index is -0.124. The molecule has 0 radical (unpaired) electrons. The van der Waals surface area contributed by atoms with Gasteiger partial charge >= 0.3 is 0 Å². The molecule has 2 rings (SSSR count). The van der Waals surface area contributed by atoms with Crippen LogP contribution in [0.1, 0.15) is 12.8 Å². The summed E-state index contributed by atoms with van der Waals surface area (Å²) in [4.78, 5) is 11.0. The summed E-state index contributed by atoms with van der Waals surface area (Å²) in [6.07, 6.45) is 2.48. The summed E-state index contributed by atoms with van der Waals surface area (Å²) in [5.41, 5.74) is 1.05. The van der Waals surface area contributed by atoms with Crippen molar-refractivity contribution in [1.82, 2.24) is 5.32 Å². The van der Waals surface area contributed by atoms with Gasteiger partial charge in [-0.3, -0.25) is 4.79 Å². The van der Waals surface area contributed by atoms with Crippen LogP contribution in [0.5, 0.6) is 5.75 Å². The van der Waals surface area contributed by atoms with Crippen LogP contribution in [0.2, 0.25) is 0 Å². The SMILES string of the molecule is CNC(=O)COc1cccc(NC2CC2)c1. The number of benzene rings is 1. The molecule has 1 aliphatic rings. The molecule has 4 nitrogen and oxygen atoms in total. The predicted octanol–water partition coefficient (Wildman–Crippen LogP) is 1.39. The van der Waals surface area contributed by atoms with E-state index in [0.717, 1.165) is 5.69 Å².